The van der Waals surface area contributed by atoms with Crippen LogP contribution in [0.15, 0.2) is 22.7 Å². The number of hydrazine groups is 1. The first-order valence-corrected chi connectivity index (χ1v) is 5.64. The number of amides is 1. The molecule has 0 radical (unpaired) electrons. The van der Waals surface area contributed by atoms with E-state index in [1.165, 1.54) is 7.05 Å². The van der Waals surface area contributed by atoms with E-state index < -0.39 is 0 Å². The van der Waals surface area contributed by atoms with E-state index >= 15 is 0 Å². The Kier molecular flexibility index (Phi) is 4.92. The Labute approximate surface area is 103 Å². The molecule has 2 N–H and O–H groups in total. The maximum absolute atomic E-state index is 11.2. The fraction of sp³-hybridized carbons (Fsp3) is 0.364. The van der Waals surface area contributed by atoms with E-state index in [9.17, 15) is 4.79 Å². The summed E-state index contributed by atoms with van der Waals surface area (Å²) in [7, 11) is 1.50. The minimum Gasteiger partial charge on any atom is -0.367 e. The van der Waals surface area contributed by atoms with Gasteiger partial charge in [0, 0.05) is 11.5 Å². The maximum atomic E-state index is 11.2. The third kappa shape index (κ3) is 3.92. The van der Waals surface area contributed by atoms with Crippen molar-refractivity contribution in [3.8, 4) is 0 Å². The van der Waals surface area contributed by atoms with Crippen molar-refractivity contribution in [3.05, 3.63) is 33.8 Å². The summed E-state index contributed by atoms with van der Waals surface area (Å²) in [5.74, 6) is 5.02. The monoisotopic (exact) mass is 286 g/mol. The van der Waals surface area contributed by atoms with Crippen LogP contribution in [0.25, 0.3) is 0 Å². The number of ether oxygens (including phenoxy) is 1. The summed E-state index contributed by atoms with van der Waals surface area (Å²) in [6, 6.07) is 5.95. The molecule has 0 aliphatic heterocycles. The lowest BCUT2D eigenvalue weighted by Gasteiger charge is -2.11. The summed E-state index contributed by atoms with van der Waals surface area (Å²) in [6.07, 6.45) is 0. The highest BCUT2D eigenvalue weighted by Gasteiger charge is 2.05. The molecule has 0 spiro atoms. The van der Waals surface area contributed by atoms with Crippen LogP contribution in [0.2, 0.25) is 0 Å². The van der Waals surface area contributed by atoms with Crippen LogP contribution >= 0.6 is 15.9 Å². The number of nitrogens with zero attached hydrogens (tertiary/aromatic N) is 1. The Morgan fingerprint density at radius 1 is 1.56 bits per heavy atom. The fourth-order valence-corrected chi connectivity index (χ4v) is 1.55. The lowest BCUT2D eigenvalue weighted by atomic mass is 10.1. The van der Waals surface area contributed by atoms with Crippen LogP contribution in [0.1, 0.15) is 11.1 Å². The van der Waals surface area contributed by atoms with Gasteiger partial charge in [0.15, 0.2) is 0 Å². The summed E-state index contributed by atoms with van der Waals surface area (Å²) >= 11 is 3.39. The molecule has 1 aromatic carbocycles. The molecule has 1 amide bonds. The molecule has 1 aromatic rings. The van der Waals surface area contributed by atoms with Crippen molar-refractivity contribution >= 4 is 21.8 Å². The molecule has 0 atom stereocenters. The van der Waals surface area contributed by atoms with Crippen LogP contribution in [-0.2, 0) is 16.1 Å². The summed E-state index contributed by atoms with van der Waals surface area (Å²) in [4.78, 5) is 11.2. The number of likely N-dealkylation sites (N-methyl/N-ethyl adjacent to an activating group) is 1. The molecule has 0 aliphatic carbocycles. The summed E-state index contributed by atoms with van der Waals surface area (Å²) in [6.45, 7) is 2.41. The van der Waals surface area contributed by atoms with E-state index in [2.05, 4.69) is 15.9 Å². The summed E-state index contributed by atoms with van der Waals surface area (Å²) in [5.41, 5.74) is 2.19. The molecule has 88 valence electrons. The van der Waals surface area contributed by atoms with Gasteiger partial charge in [-0.05, 0) is 30.2 Å². The zero-order valence-corrected chi connectivity index (χ0v) is 11.0. The Bertz CT molecular complexity index is 380. The lowest BCUT2D eigenvalue weighted by Crippen LogP contribution is -2.35. The number of aryl methyl sites for hydroxylation is 1. The number of hydrogen-bond donors (Lipinski definition) is 1. The van der Waals surface area contributed by atoms with Gasteiger partial charge in [-0.3, -0.25) is 9.80 Å². The molecule has 5 heteroatoms. The fourth-order valence-electron chi connectivity index (χ4n) is 1.15. The van der Waals surface area contributed by atoms with E-state index in [-0.39, 0.29) is 12.5 Å². The molecular weight excluding hydrogens is 272 g/mol. The van der Waals surface area contributed by atoms with Crippen LogP contribution in [0.3, 0.4) is 0 Å². The van der Waals surface area contributed by atoms with Crippen molar-refractivity contribution < 1.29 is 9.53 Å². The zero-order valence-electron chi connectivity index (χ0n) is 9.37. The van der Waals surface area contributed by atoms with E-state index in [0.29, 0.717) is 6.61 Å². The average molecular weight is 287 g/mol. The van der Waals surface area contributed by atoms with Crippen molar-refractivity contribution in [3.63, 3.8) is 0 Å². The largest absolute Gasteiger partial charge is 0.367 e. The van der Waals surface area contributed by atoms with Gasteiger partial charge in [-0.25, -0.2) is 5.84 Å². The van der Waals surface area contributed by atoms with Gasteiger partial charge in [-0.15, -0.1) is 0 Å². The smallest absolute Gasteiger partial charge is 0.262 e. The molecular formula is C11H15BrN2O2. The molecule has 4 nitrogen and oxygen atoms in total. The van der Waals surface area contributed by atoms with Crippen molar-refractivity contribution in [2.24, 2.45) is 5.84 Å². The number of hydrogen-bond acceptors (Lipinski definition) is 3. The third-order valence-corrected chi connectivity index (χ3v) is 2.68. The standard InChI is InChI=1S/C11H15BrN2O2/c1-8-3-4-10(12)5-9(8)6-16-7-11(15)14(2)13/h3-5H,6-7,13H2,1-2H3. The van der Waals surface area contributed by atoms with Crippen molar-refractivity contribution in [2.75, 3.05) is 13.7 Å². The van der Waals surface area contributed by atoms with Gasteiger partial charge in [-0.1, -0.05) is 22.0 Å². The van der Waals surface area contributed by atoms with Crippen LogP contribution in [0.5, 0.6) is 0 Å². The Morgan fingerprint density at radius 3 is 2.88 bits per heavy atom. The Morgan fingerprint density at radius 2 is 2.25 bits per heavy atom. The second kappa shape index (κ2) is 5.98. The van der Waals surface area contributed by atoms with E-state index in [1.54, 1.807) is 0 Å². The van der Waals surface area contributed by atoms with Crippen LogP contribution in [0, 0.1) is 6.92 Å². The molecule has 0 saturated heterocycles. The first-order valence-electron chi connectivity index (χ1n) is 4.84. The van der Waals surface area contributed by atoms with Crippen LogP contribution < -0.4 is 5.84 Å². The van der Waals surface area contributed by atoms with Gasteiger partial charge in [-0.2, -0.15) is 0 Å². The second-order valence-corrected chi connectivity index (χ2v) is 4.48. The molecule has 16 heavy (non-hydrogen) atoms. The van der Waals surface area contributed by atoms with E-state index in [4.69, 9.17) is 10.6 Å². The quantitative estimate of drug-likeness (QED) is 0.520. The van der Waals surface area contributed by atoms with Crippen LogP contribution in [0.4, 0.5) is 0 Å². The highest BCUT2D eigenvalue weighted by atomic mass is 79.9. The number of nitrogens with two attached hydrogens (primary N) is 1. The topological polar surface area (TPSA) is 55.6 Å². The third-order valence-electron chi connectivity index (χ3n) is 2.19. The maximum Gasteiger partial charge on any atom is 0.262 e. The number of benzene rings is 1. The first kappa shape index (κ1) is 13.2. The van der Waals surface area contributed by atoms with Gasteiger partial charge < -0.3 is 4.74 Å². The van der Waals surface area contributed by atoms with Gasteiger partial charge in [0.05, 0.1) is 6.61 Å². The summed E-state index contributed by atoms with van der Waals surface area (Å²) < 4.78 is 6.29. The lowest BCUT2D eigenvalue weighted by molar-refractivity contribution is -0.135. The summed E-state index contributed by atoms with van der Waals surface area (Å²) in [5, 5.41) is 1.02. The molecule has 0 saturated carbocycles. The predicted molar refractivity (Wildman–Crippen MR) is 65.5 cm³/mol. The first-order chi connectivity index (χ1) is 7.50. The SMILES string of the molecule is Cc1ccc(Br)cc1COCC(=O)N(C)N. The predicted octanol–water partition coefficient (Wildman–Crippen LogP) is 1.61. The van der Waals surface area contributed by atoms with Gasteiger partial charge >= 0.3 is 0 Å². The zero-order chi connectivity index (χ0) is 12.1. The molecule has 0 bridgehead atoms. The van der Waals surface area contributed by atoms with E-state index in [1.807, 2.05) is 25.1 Å². The normalized spacial score (nSPS) is 10.2. The minimum absolute atomic E-state index is 0.00104. The molecule has 1 rings (SSSR count). The molecule has 0 heterocycles. The van der Waals surface area contributed by atoms with Gasteiger partial charge in [0.2, 0.25) is 0 Å². The second-order valence-electron chi connectivity index (χ2n) is 3.57. The minimum atomic E-state index is -0.243. The van der Waals surface area contributed by atoms with Gasteiger partial charge in [0.1, 0.15) is 6.61 Å². The van der Waals surface area contributed by atoms with Crippen molar-refractivity contribution in [1.82, 2.24) is 5.01 Å². The average Bonchev–Trinajstić information content (AvgIpc) is 2.22. The number of halogens is 1. The molecule has 0 aromatic heterocycles. The molecule has 0 fully saturated rings. The number of rotatable bonds is 4. The highest BCUT2D eigenvalue weighted by Crippen LogP contribution is 2.16. The van der Waals surface area contributed by atoms with E-state index in [0.717, 1.165) is 20.6 Å². The van der Waals surface area contributed by atoms with Crippen molar-refractivity contribution in [2.45, 2.75) is 13.5 Å². The van der Waals surface area contributed by atoms with Gasteiger partial charge in [0.25, 0.3) is 5.91 Å². The Hall–Kier alpha value is -0.910. The number of carbonyl (C=O) groups is 1. The highest BCUT2D eigenvalue weighted by molar-refractivity contribution is 9.10. The van der Waals surface area contributed by atoms with Crippen molar-refractivity contribution in [1.29, 1.82) is 0 Å². The number of carbonyl (C=O) groups excluding carboxylic acids is 1. The van der Waals surface area contributed by atoms with Crippen LogP contribution in [-0.4, -0.2) is 24.6 Å². The Balaban J connectivity index is 2.49. The molecule has 0 unspecified atom stereocenters. The molecule has 0 aliphatic rings.